The zero-order chi connectivity index (χ0) is 14.5. The fraction of sp³-hybridized carbons (Fsp3) is 0.667. The zero-order valence-corrected chi connectivity index (χ0v) is 13.3. The summed E-state index contributed by atoms with van der Waals surface area (Å²) < 4.78 is 0. The Bertz CT molecular complexity index is 414. The van der Waals surface area contributed by atoms with E-state index in [0.29, 0.717) is 12.1 Å². The molecule has 2 aliphatic heterocycles. The first-order valence-corrected chi connectivity index (χ1v) is 8.55. The molecule has 21 heavy (non-hydrogen) atoms. The lowest BCUT2D eigenvalue weighted by Crippen LogP contribution is -2.57. The third-order valence-electron chi connectivity index (χ3n) is 4.94. The standard InChI is InChI=1S/C18H29N3/c1-16-15-21(12-11-20-9-5-6-10-20)18(14-19-16)13-17-7-3-2-4-8-17/h2-4,7-8,16,18-19H,5-6,9-15H2,1H3. The molecule has 2 aliphatic rings. The van der Waals surface area contributed by atoms with Crippen LogP contribution in [0, 0.1) is 0 Å². The van der Waals surface area contributed by atoms with Gasteiger partial charge in [-0.1, -0.05) is 30.3 Å². The van der Waals surface area contributed by atoms with Gasteiger partial charge >= 0.3 is 0 Å². The van der Waals surface area contributed by atoms with E-state index in [9.17, 15) is 0 Å². The molecule has 0 radical (unpaired) electrons. The predicted octanol–water partition coefficient (Wildman–Crippen LogP) is 1.99. The van der Waals surface area contributed by atoms with Gasteiger partial charge in [0.05, 0.1) is 0 Å². The van der Waals surface area contributed by atoms with Crippen LogP contribution in [0.4, 0.5) is 0 Å². The van der Waals surface area contributed by atoms with Crippen molar-refractivity contribution in [1.29, 1.82) is 0 Å². The Morgan fingerprint density at radius 2 is 1.86 bits per heavy atom. The molecule has 2 heterocycles. The fourth-order valence-electron chi connectivity index (χ4n) is 3.67. The van der Waals surface area contributed by atoms with E-state index in [-0.39, 0.29) is 0 Å². The highest BCUT2D eigenvalue weighted by Gasteiger charge is 2.26. The SMILES string of the molecule is CC1CN(CCN2CCCC2)C(Cc2ccccc2)CN1. The van der Waals surface area contributed by atoms with Crippen molar-refractivity contribution in [2.75, 3.05) is 39.3 Å². The van der Waals surface area contributed by atoms with E-state index in [1.54, 1.807) is 0 Å². The molecule has 2 saturated heterocycles. The maximum Gasteiger partial charge on any atom is 0.0262 e. The van der Waals surface area contributed by atoms with Crippen LogP contribution in [0.3, 0.4) is 0 Å². The molecule has 1 N–H and O–H groups in total. The maximum atomic E-state index is 3.65. The molecular formula is C18H29N3. The van der Waals surface area contributed by atoms with Gasteiger partial charge in [-0.15, -0.1) is 0 Å². The van der Waals surface area contributed by atoms with E-state index < -0.39 is 0 Å². The van der Waals surface area contributed by atoms with Crippen molar-refractivity contribution < 1.29 is 0 Å². The van der Waals surface area contributed by atoms with Gasteiger partial charge in [-0.3, -0.25) is 4.90 Å². The number of likely N-dealkylation sites (tertiary alicyclic amines) is 1. The Morgan fingerprint density at radius 1 is 1.10 bits per heavy atom. The van der Waals surface area contributed by atoms with E-state index in [4.69, 9.17) is 0 Å². The molecule has 3 rings (SSSR count). The van der Waals surface area contributed by atoms with Crippen molar-refractivity contribution in [3.8, 4) is 0 Å². The van der Waals surface area contributed by atoms with Crippen LogP contribution in [0.5, 0.6) is 0 Å². The highest BCUT2D eigenvalue weighted by atomic mass is 15.3. The van der Waals surface area contributed by atoms with E-state index in [2.05, 4.69) is 52.4 Å². The minimum Gasteiger partial charge on any atom is -0.311 e. The lowest BCUT2D eigenvalue weighted by molar-refractivity contribution is 0.120. The third-order valence-corrected chi connectivity index (χ3v) is 4.94. The third kappa shape index (κ3) is 4.29. The van der Waals surface area contributed by atoms with Crippen molar-refractivity contribution >= 4 is 0 Å². The molecule has 3 nitrogen and oxygen atoms in total. The topological polar surface area (TPSA) is 18.5 Å². The molecule has 0 saturated carbocycles. The predicted molar refractivity (Wildman–Crippen MR) is 88.6 cm³/mol. The Balaban J connectivity index is 1.56. The summed E-state index contributed by atoms with van der Waals surface area (Å²) in [6.45, 7) is 9.71. The smallest absolute Gasteiger partial charge is 0.0262 e. The lowest BCUT2D eigenvalue weighted by atomic mass is 10.0. The van der Waals surface area contributed by atoms with Crippen LogP contribution in [0.25, 0.3) is 0 Å². The van der Waals surface area contributed by atoms with Crippen molar-refractivity contribution in [3.05, 3.63) is 35.9 Å². The van der Waals surface area contributed by atoms with Crippen LogP contribution in [0.15, 0.2) is 30.3 Å². The van der Waals surface area contributed by atoms with E-state index >= 15 is 0 Å². The normalized spacial score (nSPS) is 28.0. The molecule has 0 bridgehead atoms. The highest BCUT2D eigenvalue weighted by molar-refractivity contribution is 5.16. The van der Waals surface area contributed by atoms with Crippen LogP contribution in [-0.4, -0.2) is 61.2 Å². The summed E-state index contributed by atoms with van der Waals surface area (Å²) in [5.74, 6) is 0. The summed E-state index contributed by atoms with van der Waals surface area (Å²) in [5, 5.41) is 3.65. The molecule has 116 valence electrons. The van der Waals surface area contributed by atoms with Crippen molar-refractivity contribution in [2.45, 2.75) is 38.3 Å². The second-order valence-corrected chi connectivity index (χ2v) is 6.70. The summed E-state index contributed by atoms with van der Waals surface area (Å²) in [6.07, 6.45) is 3.96. The van der Waals surface area contributed by atoms with Gasteiger partial charge in [0.25, 0.3) is 0 Å². The molecule has 1 aromatic carbocycles. The van der Waals surface area contributed by atoms with E-state index in [0.717, 1.165) is 6.54 Å². The Hall–Kier alpha value is -0.900. The molecule has 0 amide bonds. The molecule has 2 fully saturated rings. The second kappa shape index (κ2) is 7.39. The minimum absolute atomic E-state index is 0.621. The monoisotopic (exact) mass is 287 g/mol. The summed E-state index contributed by atoms with van der Waals surface area (Å²) in [7, 11) is 0. The van der Waals surface area contributed by atoms with Gasteiger partial charge < -0.3 is 10.2 Å². The summed E-state index contributed by atoms with van der Waals surface area (Å²) in [4.78, 5) is 5.35. The number of hydrogen-bond acceptors (Lipinski definition) is 3. The number of nitrogens with one attached hydrogen (secondary N) is 1. The van der Waals surface area contributed by atoms with Gasteiger partial charge in [0, 0.05) is 38.3 Å². The minimum atomic E-state index is 0.621. The summed E-state index contributed by atoms with van der Waals surface area (Å²) >= 11 is 0. The zero-order valence-electron chi connectivity index (χ0n) is 13.3. The Morgan fingerprint density at radius 3 is 2.62 bits per heavy atom. The number of piperazine rings is 1. The first-order valence-electron chi connectivity index (χ1n) is 8.55. The maximum absolute atomic E-state index is 3.65. The average Bonchev–Trinajstić information content (AvgIpc) is 3.02. The molecule has 2 atom stereocenters. The summed E-state index contributed by atoms with van der Waals surface area (Å²) in [6, 6.07) is 12.2. The molecule has 0 aromatic heterocycles. The lowest BCUT2D eigenvalue weighted by Gasteiger charge is -2.40. The first-order chi connectivity index (χ1) is 10.3. The first kappa shape index (κ1) is 15.0. The van der Waals surface area contributed by atoms with Gasteiger partial charge in [-0.05, 0) is 44.8 Å². The molecule has 3 heteroatoms. The molecule has 0 spiro atoms. The van der Waals surface area contributed by atoms with Gasteiger partial charge in [-0.2, -0.15) is 0 Å². The average molecular weight is 287 g/mol. The van der Waals surface area contributed by atoms with Gasteiger partial charge in [0.15, 0.2) is 0 Å². The van der Waals surface area contributed by atoms with Crippen molar-refractivity contribution in [2.24, 2.45) is 0 Å². The number of rotatable bonds is 5. The van der Waals surface area contributed by atoms with Crippen LogP contribution < -0.4 is 5.32 Å². The van der Waals surface area contributed by atoms with E-state index in [1.165, 1.54) is 57.5 Å². The van der Waals surface area contributed by atoms with Crippen molar-refractivity contribution in [1.82, 2.24) is 15.1 Å². The van der Waals surface area contributed by atoms with Gasteiger partial charge in [0.1, 0.15) is 0 Å². The Kier molecular flexibility index (Phi) is 5.28. The van der Waals surface area contributed by atoms with Crippen LogP contribution in [0.2, 0.25) is 0 Å². The molecule has 0 aliphatic carbocycles. The van der Waals surface area contributed by atoms with Crippen molar-refractivity contribution in [3.63, 3.8) is 0 Å². The second-order valence-electron chi connectivity index (χ2n) is 6.70. The van der Waals surface area contributed by atoms with Crippen LogP contribution in [0.1, 0.15) is 25.3 Å². The highest BCUT2D eigenvalue weighted by Crippen LogP contribution is 2.14. The van der Waals surface area contributed by atoms with Crippen LogP contribution >= 0.6 is 0 Å². The molecule has 2 unspecified atom stereocenters. The van der Waals surface area contributed by atoms with Gasteiger partial charge in [-0.25, -0.2) is 0 Å². The number of nitrogens with zero attached hydrogens (tertiary/aromatic N) is 2. The number of hydrogen-bond donors (Lipinski definition) is 1. The fourth-order valence-corrected chi connectivity index (χ4v) is 3.67. The van der Waals surface area contributed by atoms with Gasteiger partial charge in [0.2, 0.25) is 0 Å². The largest absolute Gasteiger partial charge is 0.311 e. The Labute approximate surface area is 129 Å². The van der Waals surface area contributed by atoms with Crippen LogP contribution in [-0.2, 0) is 6.42 Å². The number of benzene rings is 1. The molecule has 1 aromatic rings. The van der Waals surface area contributed by atoms with E-state index in [1.807, 2.05) is 0 Å². The quantitative estimate of drug-likeness (QED) is 0.893. The molecular weight excluding hydrogens is 258 g/mol. The summed E-state index contributed by atoms with van der Waals surface area (Å²) in [5.41, 5.74) is 1.46.